The van der Waals surface area contributed by atoms with Crippen molar-refractivity contribution in [2.75, 3.05) is 0 Å². The summed E-state index contributed by atoms with van der Waals surface area (Å²) in [5, 5.41) is 8.35. The number of nitrogens with zero attached hydrogens (tertiary/aromatic N) is 1. The van der Waals surface area contributed by atoms with E-state index in [9.17, 15) is 0 Å². The largest absolute Gasteiger partial charge is 0.322 e. The lowest BCUT2D eigenvalue weighted by Crippen LogP contribution is -2.06. The molecule has 11 heavy (non-hydrogen) atoms. The van der Waals surface area contributed by atoms with Crippen LogP contribution in [0.15, 0.2) is 12.1 Å². The first kappa shape index (κ1) is 8.54. The normalized spacial score (nSPS) is 12.5. The predicted octanol–water partition coefficient (Wildman–Crippen LogP) is 2.31. The van der Waals surface area contributed by atoms with E-state index in [0.717, 1.165) is 4.88 Å². The minimum atomic E-state index is -0.183. The van der Waals surface area contributed by atoms with Crippen molar-refractivity contribution >= 4 is 22.9 Å². The first-order valence-corrected chi connectivity index (χ1v) is 4.31. The summed E-state index contributed by atoms with van der Waals surface area (Å²) in [4.78, 5) is 0.969. The van der Waals surface area contributed by atoms with Crippen molar-refractivity contribution in [1.29, 1.82) is 5.26 Å². The highest BCUT2D eigenvalue weighted by molar-refractivity contribution is 7.16. The second-order valence-corrected chi connectivity index (χ2v) is 3.86. The zero-order valence-electron chi connectivity index (χ0n) is 5.75. The van der Waals surface area contributed by atoms with E-state index in [1.54, 1.807) is 6.07 Å². The lowest BCUT2D eigenvalue weighted by molar-refractivity contribution is 0.765. The molecule has 2 nitrogen and oxygen atoms in total. The highest BCUT2D eigenvalue weighted by Gasteiger charge is 2.06. The fourth-order valence-electron chi connectivity index (χ4n) is 0.727. The number of hydrogen-bond donors (Lipinski definition) is 1. The Kier molecular flexibility index (Phi) is 2.89. The molecule has 0 aliphatic carbocycles. The minimum Gasteiger partial charge on any atom is -0.322 e. The number of nitriles is 1. The lowest BCUT2D eigenvalue weighted by Gasteiger charge is -2.01. The third kappa shape index (κ3) is 2.19. The van der Waals surface area contributed by atoms with Gasteiger partial charge in [-0.2, -0.15) is 5.26 Å². The average Bonchev–Trinajstić information content (AvgIpc) is 2.36. The van der Waals surface area contributed by atoms with Crippen molar-refractivity contribution in [1.82, 2.24) is 0 Å². The van der Waals surface area contributed by atoms with Crippen LogP contribution in [0.2, 0.25) is 4.34 Å². The van der Waals surface area contributed by atoms with Gasteiger partial charge in [-0.15, -0.1) is 11.3 Å². The van der Waals surface area contributed by atoms with Crippen LogP contribution in [0.25, 0.3) is 0 Å². The average molecular weight is 187 g/mol. The van der Waals surface area contributed by atoms with Crippen LogP contribution in [-0.4, -0.2) is 0 Å². The highest BCUT2D eigenvalue weighted by atomic mass is 35.5. The maximum atomic E-state index is 8.35. The van der Waals surface area contributed by atoms with Crippen molar-refractivity contribution in [3.05, 3.63) is 21.3 Å². The van der Waals surface area contributed by atoms with Crippen LogP contribution >= 0.6 is 22.9 Å². The molecular weight excluding hydrogens is 180 g/mol. The summed E-state index contributed by atoms with van der Waals surface area (Å²) in [6.07, 6.45) is 0.344. The molecule has 0 amide bonds. The van der Waals surface area contributed by atoms with Gasteiger partial charge in [-0.1, -0.05) is 11.6 Å². The summed E-state index contributed by atoms with van der Waals surface area (Å²) in [6.45, 7) is 0. The molecule has 0 radical (unpaired) electrons. The Bertz CT molecular complexity index is 276. The summed E-state index contributed by atoms with van der Waals surface area (Å²) in [5.41, 5.74) is 5.65. The van der Waals surface area contributed by atoms with E-state index >= 15 is 0 Å². The third-order valence-electron chi connectivity index (χ3n) is 1.27. The molecule has 0 aliphatic rings. The molecule has 0 unspecified atom stereocenters. The van der Waals surface area contributed by atoms with Gasteiger partial charge in [-0.3, -0.25) is 0 Å². The monoisotopic (exact) mass is 186 g/mol. The molecule has 1 aromatic heterocycles. The Balaban J connectivity index is 2.70. The molecule has 2 N–H and O–H groups in total. The number of halogens is 1. The minimum absolute atomic E-state index is 0.183. The first-order chi connectivity index (χ1) is 5.24. The van der Waals surface area contributed by atoms with Gasteiger partial charge < -0.3 is 5.73 Å². The fourth-order valence-corrected chi connectivity index (χ4v) is 1.79. The van der Waals surface area contributed by atoms with Crippen LogP contribution in [0.1, 0.15) is 17.3 Å². The van der Waals surface area contributed by atoms with Crippen LogP contribution in [0.5, 0.6) is 0 Å². The number of nitrogens with two attached hydrogens (primary N) is 1. The molecule has 0 fully saturated rings. The maximum absolute atomic E-state index is 8.35. The van der Waals surface area contributed by atoms with E-state index in [0.29, 0.717) is 10.8 Å². The van der Waals surface area contributed by atoms with Gasteiger partial charge in [0.2, 0.25) is 0 Å². The molecule has 0 bridgehead atoms. The number of rotatable bonds is 2. The Morgan fingerprint density at radius 1 is 1.73 bits per heavy atom. The maximum Gasteiger partial charge on any atom is 0.0931 e. The Labute approximate surface area is 74.2 Å². The van der Waals surface area contributed by atoms with E-state index in [1.165, 1.54) is 11.3 Å². The Morgan fingerprint density at radius 3 is 2.91 bits per heavy atom. The topological polar surface area (TPSA) is 49.8 Å². The fraction of sp³-hybridized carbons (Fsp3) is 0.286. The molecule has 0 saturated heterocycles. The van der Waals surface area contributed by atoms with Gasteiger partial charge >= 0.3 is 0 Å². The van der Waals surface area contributed by atoms with E-state index in [2.05, 4.69) is 0 Å². The molecule has 0 aromatic carbocycles. The summed E-state index contributed by atoms with van der Waals surface area (Å²) in [6, 6.07) is 5.48. The van der Waals surface area contributed by atoms with Gasteiger partial charge in [-0.05, 0) is 12.1 Å². The van der Waals surface area contributed by atoms with Gasteiger partial charge in [0.25, 0.3) is 0 Å². The molecule has 1 atom stereocenters. The highest BCUT2D eigenvalue weighted by Crippen LogP contribution is 2.26. The Morgan fingerprint density at radius 2 is 2.45 bits per heavy atom. The molecule has 58 valence electrons. The van der Waals surface area contributed by atoms with Crippen molar-refractivity contribution in [2.45, 2.75) is 12.5 Å². The van der Waals surface area contributed by atoms with Crippen LogP contribution in [0.4, 0.5) is 0 Å². The van der Waals surface area contributed by atoms with Crippen molar-refractivity contribution in [2.24, 2.45) is 5.73 Å². The van der Waals surface area contributed by atoms with E-state index in [1.807, 2.05) is 12.1 Å². The SMILES string of the molecule is N#CC[C@H](N)c1ccc(Cl)s1. The summed E-state index contributed by atoms with van der Waals surface area (Å²) in [5.74, 6) is 0. The molecule has 0 saturated carbocycles. The van der Waals surface area contributed by atoms with Crippen LogP contribution in [-0.2, 0) is 0 Å². The summed E-state index contributed by atoms with van der Waals surface area (Å²) >= 11 is 7.11. The zero-order chi connectivity index (χ0) is 8.27. The van der Waals surface area contributed by atoms with Crippen LogP contribution in [0.3, 0.4) is 0 Å². The Hall–Kier alpha value is -0.560. The van der Waals surface area contributed by atoms with Gasteiger partial charge in [0.15, 0.2) is 0 Å². The first-order valence-electron chi connectivity index (χ1n) is 3.12. The second-order valence-electron chi connectivity index (χ2n) is 2.11. The molecule has 4 heteroatoms. The number of hydrogen-bond acceptors (Lipinski definition) is 3. The van der Waals surface area contributed by atoms with E-state index in [-0.39, 0.29) is 6.04 Å². The molecule has 1 rings (SSSR count). The molecule has 1 aromatic rings. The zero-order valence-corrected chi connectivity index (χ0v) is 7.32. The van der Waals surface area contributed by atoms with Gasteiger partial charge in [-0.25, -0.2) is 0 Å². The van der Waals surface area contributed by atoms with Crippen molar-refractivity contribution < 1.29 is 0 Å². The quantitative estimate of drug-likeness (QED) is 0.771. The van der Waals surface area contributed by atoms with Gasteiger partial charge in [0.05, 0.1) is 22.9 Å². The van der Waals surface area contributed by atoms with Crippen molar-refractivity contribution in [3.8, 4) is 6.07 Å². The van der Waals surface area contributed by atoms with Gasteiger partial charge in [0.1, 0.15) is 0 Å². The van der Waals surface area contributed by atoms with E-state index < -0.39 is 0 Å². The van der Waals surface area contributed by atoms with Crippen LogP contribution < -0.4 is 5.73 Å². The second kappa shape index (κ2) is 3.72. The molecule has 0 aliphatic heterocycles. The lowest BCUT2D eigenvalue weighted by atomic mass is 10.2. The smallest absolute Gasteiger partial charge is 0.0931 e. The van der Waals surface area contributed by atoms with Gasteiger partial charge in [0, 0.05) is 4.88 Å². The molecular formula is C7H7ClN2S. The molecule has 1 heterocycles. The standard InChI is InChI=1S/C7H7ClN2S/c8-7-2-1-6(11-7)5(10)3-4-9/h1-2,5H,3,10H2/t5-/m0/s1. The number of thiophene rings is 1. The predicted molar refractivity (Wildman–Crippen MR) is 46.5 cm³/mol. The summed E-state index contributed by atoms with van der Waals surface area (Å²) < 4.78 is 0.716. The summed E-state index contributed by atoms with van der Waals surface area (Å²) in [7, 11) is 0. The van der Waals surface area contributed by atoms with Crippen LogP contribution in [0, 0.1) is 11.3 Å². The van der Waals surface area contributed by atoms with E-state index in [4.69, 9.17) is 22.6 Å². The third-order valence-corrected chi connectivity index (χ3v) is 2.63. The molecule has 0 spiro atoms. The van der Waals surface area contributed by atoms with Crippen molar-refractivity contribution in [3.63, 3.8) is 0 Å².